The quantitative estimate of drug-likeness (QED) is 0.789. The lowest BCUT2D eigenvalue weighted by molar-refractivity contribution is 0.144. The molecule has 1 aliphatic heterocycles. The summed E-state index contributed by atoms with van der Waals surface area (Å²) >= 11 is 0. The van der Waals surface area contributed by atoms with Crippen molar-refractivity contribution >= 4 is 15.7 Å². The Hall–Kier alpha value is -1.89. The van der Waals surface area contributed by atoms with Gasteiger partial charge in [-0.15, -0.1) is 0 Å². The van der Waals surface area contributed by atoms with Crippen LogP contribution in [-0.2, 0) is 14.8 Å². The Kier molecular flexibility index (Phi) is 5.65. The standard InChI is InChI=1S/C20H26N2O3S/c1-4-25-13-7-12-21-20-16-8-5-6-9-18(16)22(3)26(23,24)19-14-15(2)10-11-17(19)20/h5-6,8-11,14,20-21H,4,7,12-13H2,1-3H3. The molecular weight excluding hydrogens is 348 g/mol. The van der Waals surface area contributed by atoms with Gasteiger partial charge in [0.2, 0.25) is 0 Å². The molecule has 2 aromatic carbocycles. The number of para-hydroxylation sites is 1. The van der Waals surface area contributed by atoms with E-state index >= 15 is 0 Å². The lowest BCUT2D eigenvalue weighted by Gasteiger charge is -2.22. The molecule has 0 radical (unpaired) electrons. The van der Waals surface area contributed by atoms with Crippen molar-refractivity contribution in [2.75, 3.05) is 31.1 Å². The summed E-state index contributed by atoms with van der Waals surface area (Å²) in [6.45, 7) is 6.04. The lowest BCUT2D eigenvalue weighted by atomic mass is 9.96. The minimum absolute atomic E-state index is 0.178. The number of rotatable bonds is 6. The van der Waals surface area contributed by atoms with Crippen LogP contribution >= 0.6 is 0 Å². The number of fused-ring (bicyclic) bond motifs is 2. The SMILES string of the molecule is CCOCCCNC1c2ccccc2N(C)S(=O)(=O)c2cc(C)ccc21. The molecule has 0 spiro atoms. The topological polar surface area (TPSA) is 58.6 Å². The first kappa shape index (κ1) is 18.9. The number of hydrogen-bond acceptors (Lipinski definition) is 4. The molecule has 0 amide bonds. The van der Waals surface area contributed by atoms with Crippen LogP contribution in [0.15, 0.2) is 47.4 Å². The number of ether oxygens (including phenoxy) is 1. The molecule has 0 aliphatic carbocycles. The molecule has 1 unspecified atom stereocenters. The fraction of sp³-hybridized carbons (Fsp3) is 0.400. The van der Waals surface area contributed by atoms with E-state index in [4.69, 9.17) is 4.74 Å². The molecule has 0 bridgehead atoms. The molecule has 26 heavy (non-hydrogen) atoms. The Morgan fingerprint density at radius 1 is 1.15 bits per heavy atom. The summed E-state index contributed by atoms with van der Waals surface area (Å²) in [6.07, 6.45) is 0.871. The predicted molar refractivity (Wildman–Crippen MR) is 104 cm³/mol. The van der Waals surface area contributed by atoms with Gasteiger partial charge in [0.15, 0.2) is 0 Å². The van der Waals surface area contributed by atoms with E-state index in [1.165, 1.54) is 4.31 Å². The lowest BCUT2D eigenvalue weighted by Crippen LogP contribution is -2.26. The van der Waals surface area contributed by atoms with Crippen LogP contribution in [0.5, 0.6) is 0 Å². The van der Waals surface area contributed by atoms with Crippen LogP contribution in [-0.4, -0.2) is 35.2 Å². The molecule has 6 heteroatoms. The molecule has 1 N–H and O–H groups in total. The third kappa shape index (κ3) is 3.49. The van der Waals surface area contributed by atoms with Gasteiger partial charge in [-0.1, -0.05) is 30.3 Å². The van der Waals surface area contributed by atoms with Crippen molar-refractivity contribution in [1.29, 1.82) is 0 Å². The van der Waals surface area contributed by atoms with E-state index < -0.39 is 10.0 Å². The van der Waals surface area contributed by atoms with Crippen molar-refractivity contribution in [2.45, 2.75) is 31.2 Å². The van der Waals surface area contributed by atoms with Crippen LogP contribution in [0.2, 0.25) is 0 Å². The zero-order valence-electron chi connectivity index (χ0n) is 15.5. The molecule has 0 saturated heterocycles. The summed E-state index contributed by atoms with van der Waals surface area (Å²) in [5.41, 5.74) is 3.41. The van der Waals surface area contributed by atoms with Gasteiger partial charge in [-0.3, -0.25) is 4.31 Å². The van der Waals surface area contributed by atoms with Gasteiger partial charge in [0.25, 0.3) is 10.0 Å². The summed E-state index contributed by atoms with van der Waals surface area (Å²) in [7, 11) is -1.97. The normalized spacial score (nSPS) is 18.1. The van der Waals surface area contributed by atoms with Crippen LogP contribution in [0.25, 0.3) is 0 Å². The van der Waals surface area contributed by atoms with Crippen molar-refractivity contribution in [3.63, 3.8) is 0 Å². The summed E-state index contributed by atoms with van der Waals surface area (Å²) in [4.78, 5) is 0.374. The van der Waals surface area contributed by atoms with Crippen LogP contribution in [0.4, 0.5) is 5.69 Å². The molecular formula is C20H26N2O3S. The smallest absolute Gasteiger partial charge is 0.264 e. The Labute approximate surface area is 156 Å². The molecule has 1 atom stereocenters. The Morgan fingerprint density at radius 3 is 2.69 bits per heavy atom. The van der Waals surface area contributed by atoms with E-state index in [0.717, 1.165) is 29.7 Å². The van der Waals surface area contributed by atoms with Gasteiger partial charge in [-0.05, 0) is 55.6 Å². The summed E-state index contributed by atoms with van der Waals surface area (Å²) in [5, 5.41) is 3.54. The van der Waals surface area contributed by atoms with Gasteiger partial charge in [0, 0.05) is 20.3 Å². The maximum atomic E-state index is 13.2. The third-order valence-corrected chi connectivity index (χ3v) is 6.55. The first-order valence-corrected chi connectivity index (χ1v) is 10.4. The first-order chi connectivity index (χ1) is 12.5. The zero-order valence-corrected chi connectivity index (χ0v) is 16.3. The minimum Gasteiger partial charge on any atom is -0.382 e. The molecule has 5 nitrogen and oxygen atoms in total. The van der Waals surface area contributed by atoms with E-state index in [1.54, 1.807) is 13.1 Å². The van der Waals surface area contributed by atoms with Gasteiger partial charge < -0.3 is 10.1 Å². The number of nitrogens with zero attached hydrogens (tertiary/aromatic N) is 1. The molecule has 0 saturated carbocycles. The van der Waals surface area contributed by atoms with Gasteiger partial charge in [0.05, 0.1) is 16.6 Å². The highest BCUT2D eigenvalue weighted by molar-refractivity contribution is 7.92. The average Bonchev–Trinajstić information content (AvgIpc) is 2.70. The number of aryl methyl sites for hydroxylation is 1. The molecule has 2 aromatic rings. The van der Waals surface area contributed by atoms with Crippen molar-refractivity contribution in [3.8, 4) is 0 Å². The minimum atomic E-state index is -3.60. The number of benzene rings is 2. The number of sulfonamides is 1. The van der Waals surface area contributed by atoms with Gasteiger partial charge >= 0.3 is 0 Å². The maximum Gasteiger partial charge on any atom is 0.264 e. The average molecular weight is 375 g/mol. The van der Waals surface area contributed by atoms with E-state index in [0.29, 0.717) is 23.8 Å². The second kappa shape index (κ2) is 7.78. The monoisotopic (exact) mass is 374 g/mol. The highest BCUT2D eigenvalue weighted by Crippen LogP contribution is 2.40. The molecule has 0 aromatic heterocycles. The van der Waals surface area contributed by atoms with Crippen LogP contribution in [0.3, 0.4) is 0 Å². The van der Waals surface area contributed by atoms with E-state index in [9.17, 15) is 8.42 Å². The fourth-order valence-corrected chi connectivity index (χ4v) is 4.89. The Bertz CT molecular complexity index is 880. The third-order valence-electron chi connectivity index (χ3n) is 4.72. The molecule has 3 rings (SSSR count). The molecule has 1 aliphatic rings. The highest BCUT2D eigenvalue weighted by Gasteiger charge is 2.34. The van der Waals surface area contributed by atoms with Gasteiger partial charge in [-0.2, -0.15) is 0 Å². The predicted octanol–water partition coefficient (Wildman–Crippen LogP) is 3.24. The zero-order chi connectivity index (χ0) is 18.7. The molecule has 140 valence electrons. The van der Waals surface area contributed by atoms with E-state index in [-0.39, 0.29) is 6.04 Å². The van der Waals surface area contributed by atoms with E-state index in [2.05, 4.69) is 5.32 Å². The maximum absolute atomic E-state index is 13.2. The largest absolute Gasteiger partial charge is 0.382 e. The number of hydrogen-bond donors (Lipinski definition) is 1. The highest BCUT2D eigenvalue weighted by atomic mass is 32.2. The number of anilines is 1. The van der Waals surface area contributed by atoms with Crippen LogP contribution < -0.4 is 9.62 Å². The summed E-state index contributed by atoms with van der Waals surface area (Å²) in [5.74, 6) is 0. The van der Waals surface area contributed by atoms with Crippen molar-refractivity contribution in [2.24, 2.45) is 0 Å². The first-order valence-electron chi connectivity index (χ1n) is 8.96. The second-order valence-corrected chi connectivity index (χ2v) is 8.45. The Balaban J connectivity index is 2.07. The van der Waals surface area contributed by atoms with Crippen LogP contribution in [0.1, 0.15) is 36.1 Å². The van der Waals surface area contributed by atoms with Crippen molar-refractivity contribution in [3.05, 3.63) is 59.2 Å². The summed E-state index contributed by atoms with van der Waals surface area (Å²) < 4.78 is 33.2. The second-order valence-electron chi connectivity index (χ2n) is 6.51. The Morgan fingerprint density at radius 2 is 1.92 bits per heavy atom. The van der Waals surface area contributed by atoms with Gasteiger partial charge in [0.1, 0.15) is 0 Å². The molecule has 0 fully saturated rings. The number of nitrogens with one attached hydrogen (secondary N) is 1. The summed E-state index contributed by atoms with van der Waals surface area (Å²) in [6, 6.07) is 13.2. The fourth-order valence-electron chi connectivity index (χ4n) is 3.35. The molecule has 1 heterocycles. The van der Waals surface area contributed by atoms with Crippen molar-refractivity contribution in [1.82, 2.24) is 5.32 Å². The van der Waals surface area contributed by atoms with Crippen molar-refractivity contribution < 1.29 is 13.2 Å². The van der Waals surface area contributed by atoms with Crippen LogP contribution in [0, 0.1) is 6.92 Å². The van der Waals surface area contributed by atoms with E-state index in [1.807, 2.05) is 50.2 Å². The van der Waals surface area contributed by atoms with Gasteiger partial charge in [-0.25, -0.2) is 8.42 Å².